The van der Waals surface area contributed by atoms with Gasteiger partial charge in [0.1, 0.15) is 0 Å². The number of aliphatic hydroxyl groups excluding tert-OH is 1. The highest BCUT2D eigenvalue weighted by molar-refractivity contribution is 5.74. The van der Waals surface area contributed by atoms with Crippen LogP contribution in [0.4, 0.5) is 4.79 Å². The summed E-state index contributed by atoms with van der Waals surface area (Å²) >= 11 is 0. The number of rotatable bonds is 6. The highest BCUT2D eigenvalue weighted by Gasteiger charge is 2.19. The van der Waals surface area contributed by atoms with Gasteiger partial charge < -0.3 is 20.6 Å². The maximum Gasteiger partial charge on any atom is 0.315 e. The van der Waals surface area contributed by atoms with E-state index in [0.717, 1.165) is 31.5 Å². The van der Waals surface area contributed by atoms with Crippen molar-refractivity contribution in [2.24, 2.45) is 0 Å². The van der Waals surface area contributed by atoms with Crippen LogP contribution in [-0.4, -0.2) is 55.4 Å². The van der Waals surface area contributed by atoms with Crippen molar-refractivity contribution in [3.05, 3.63) is 35.9 Å². The molecule has 5 heteroatoms. The molecular weight excluding hydrogens is 278 g/mol. The molecule has 3 N–H and O–H groups in total. The zero-order chi connectivity index (χ0) is 15.8. The Morgan fingerprint density at radius 3 is 2.64 bits per heavy atom. The van der Waals surface area contributed by atoms with Crippen LogP contribution in [0.15, 0.2) is 30.3 Å². The van der Waals surface area contributed by atoms with Crippen LogP contribution in [0.2, 0.25) is 0 Å². The van der Waals surface area contributed by atoms with E-state index >= 15 is 0 Å². The number of benzene rings is 1. The summed E-state index contributed by atoms with van der Waals surface area (Å²) in [4.78, 5) is 14.3. The Balaban J connectivity index is 1.78. The van der Waals surface area contributed by atoms with Crippen molar-refractivity contribution < 1.29 is 9.90 Å². The molecule has 5 nitrogen and oxygen atoms in total. The van der Waals surface area contributed by atoms with Crippen molar-refractivity contribution in [3.63, 3.8) is 0 Å². The Hall–Kier alpha value is -1.59. The third kappa shape index (κ3) is 5.31. The van der Waals surface area contributed by atoms with E-state index in [9.17, 15) is 9.90 Å². The van der Waals surface area contributed by atoms with Gasteiger partial charge in [0, 0.05) is 25.1 Å². The monoisotopic (exact) mass is 305 g/mol. The van der Waals surface area contributed by atoms with Crippen molar-refractivity contribution in [1.29, 1.82) is 0 Å². The second kappa shape index (κ2) is 8.76. The lowest BCUT2D eigenvalue weighted by Gasteiger charge is -2.29. The van der Waals surface area contributed by atoms with Gasteiger partial charge in [-0.3, -0.25) is 0 Å². The average molecular weight is 305 g/mol. The number of aliphatic hydroxyl groups is 1. The smallest absolute Gasteiger partial charge is 0.315 e. The summed E-state index contributed by atoms with van der Waals surface area (Å²) in [5, 5.41) is 15.2. The topological polar surface area (TPSA) is 64.6 Å². The summed E-state index contributed by atoms with van der Waals surface area (Å²) in [6.07, 6.45) is 2.66. The number of likely N-dealkylation sites (tertiary alicyclic amines) is 1. The molecule has 0 spiro atoms. The number of carbonyl (C=O) groups excluding carboxylic acids is 1. The quantitative estimate of drug-likeness (QED) is 0.747. The molecular formula is C17H27N3O2. The lowest BCUT2D eigenvalue weighted by molar-refractivity contribution is 0.212. The second-order valence-corrected chi connectivity index (χ2v) is 6.05. The van der Waals surface area contributed by atoms with Crippen LogP contribution >= 0.6 is 0 Å². The molecule has 2 amide bonds. The van der Waals surface area contributed by atoms with Gasteiger partial charge in [-0.05, 0) is 45.0 Å². The first-order valence-electron chi connectivity index (χ1n) is 8.07. The zero-order valence-electron chi connectivity index (χ0n) is 13.3. The van der Waals surface area contributed by atoms with Crippen molar-refractivity contribution in [2.45, 2.75) is 31.2 Å². The fourth-order valence-electron chi connectivity index (χ4n) is 2.87. The third-order valence-electron chi connectivity index (χ3n) is 4.31. The van der Waals surface area contributed by atoms with Crippen molar-refractivity contribution >= 4 is 6.03 Å². The number of nitrogens with zero attached hydrogens (tertiary/aromatic N) is 1. The van der Waals surface area contributed by atoms with Gasteiger partial charge in [-0.15, -0.1) is 0 Å². The molecule has 1 aliphatic heterocycles. The van der Waals surface area contributed by atoms with Crippen LogP contribution in [-0.2, 0) is 0 Å². The Morgan fingerprint density at radius 2 is 2.00 bits per heavy atom. The van der Waals surface area contributed by atoms with E-state index < -0.39 is 0 Å². The summed E-state index contributed by atoms with van der Waals surface area (Å²) in [5.74, 6) is 0.148. The zero-order valence-corrected chi connectivity index (χ0v) is 13.3. The number of amides is 2. The molecule has 1 saturated heterocycles. The van der Waals surface area contributed by atoms with E-state index in [-0.39, 0.29) is 24.6 Å². The molecule has 1 unspecified atom stereocenters. The minimum absolute atomic E-state index is 0.103. The normalized spacial score (nSPS) is 17.9. The molecule has 1 aliphatic rings. The van der Waals surface area contributed by atoms with Gasteiger partial charge in [-0.2, -0.15) is 0 Å². The molecule has 122 valence electrons. The largest absolute Gasteiger partial charge is 0.396 e. The van der Waals surface area contributed by atoms with E-state index in [0.29, 0.717) is 13.0 Å². The first-order valence-corrected chi connectivity index (χ1v) is 8.07. The van der Waals surface area contributed by atoms with E-state index in [2.05, 4.69) is 22.6 Å². The molecule has 0 aromatic heterocycles. The van der Waals surface area contributed by atoms with Gasteiger partial charge in [0.15, 0.2) is 0 Å². The lowest BCUT2D eigenvalue weighted by atomic mass is 9.96. The van der Waals surface area contributed by atoms with Crippen LogP contribution in [0.25, 0.3) is 0 Å². The fraction of sp³-hybridized carbons (Fsp3) is 0.588. The molecule has 2 rings (SSSR count). The molecule has 1 heterocycles. The molecule has 1 fully saturated rings. The van der Waals surface area contributed by atoms with Crippen LogP contribution in [0, 0.1) is 0 Å². The van der Waals surface area contributed by atoms with Gasteiger partial charge in [0.25, 0.3) is 0 Å². The maximum absolute atomic E-state index is 12.0. The molecule has 0 radical (unpaired) electrons. The molecule has 1 aromatic carbocycles. The predicted octanol–water partition coefficient (Wildman–Crippen LogP) is 1.55. The Labute approximate surface area is 132 Å². The van der Waals surface area contributed by atoms with Gasteiger partial charge >= 0.3 is 6.03 Å². The summed E-state index contributed by atoms with van der Waals surface area (Å²) in [6, 6.07) is 10.2. The molecule has 0 saturated carbocycles. The third-order valence-corrected chi connectivity index (χ3v) is 4.31. The van der Waals surface area contributed by atoms with Crippen LogP contribution in [0.5, 0.6) is 0 Å². The molecule has 22 heavy (non-hydrogen) atoms. The molecule has 0 bridgehead atoms. The van der Waals surface area contributed by atoms with Crippen molar-refractivity contribution in [3.8, 4) is 0 Å². The number of hydrogen-bond acceptors (Lipinski definition) is 3. The minimum Gasteiger partial charge on any atom is -0.396 e. The highest BCUT2D eigenvalue weighted by atomic mass is 16.3. The Bertz CT molecular complexity index is 444. The first-order chi connectivity index (χ1) is 10.7. The van der Waals surface area contributed by atoms with Crippen molar-refractivity contribution in [2.75, 3.05) is 33.3 Å². The van der Waals surface area contributed by atoms with E-state index in [1.54, 1.807) is 0 Å². The summed E-state index contributed by atoms with van der Waals surface area (Å²) < 4.78 is 0. The lowest BCUT2D eigenvalue weighted by Crippen LogP contribution is -2.47. The Kier molecular flexibility index (Phi) is 6.68. The average Bonchev–Trinajstić information content (AvgIpc) is 2.54. The van der Waals surface area contributed by atoms with Crippen molar-refractivity contribution in [1.82, 2.24) is 15.5 Å². The molecule has 1 atom stereocenters. The van der Waals surface area contributed by atoms with Crippen LogP contribution in [0.3, 0.4) is 0 Å². The van der Waals surface area contributed by atoms with Crippen LogP contribution < -0.4 is 10.6 Å². The number of piperidine rings is 1. The predicted molar refractivity (Wildman–Crippen MR) is 87.9 cm³/mol. The SMILES string of the molecule is CN1CCC(NC(=O)NCC(CCO)c2ccccc2)CC1. The van der Waals surface area contributed by atoms with Gasteiger partial charge in [-0.25, -0.2) is 4.79 Å². The molecule has 1 aromatic rings. The van der Waals surface area contributed by atoms with E-state index in [4.69, 9.17) is 0 Å². The van der Waals surface area contributed by atoms with Gasteiger partial charge in [0.05, 0.1) is 0 Å². The first kappa shape index (κ1) is 16.8. The summed E-state index contributed by atoms with van der Waals surface area (Å²) in [5.41, 5.74) is 1.15. The maximum atomic E-state index is 12.0. The molecule has 0 aliphatic carbocycles. The van der Waals surface area contributed by atoms with Crippen LogP contribution in [0.1, 0.15) is 30.7 Å². The number of urea groups is 1. The Morgan fingerprint density at radius 1 is 1.32 bits per heavy atom. The second-order valence-electron chi connectivity index (χ2n) is 6.05. The number of carbonyl (C=O) groups is 1. The van der Waals surface area contributed by atoms with E-state index in [1.807, 2.05) is 30.3 Å². The fourth-order valence-corrected chi connectivity index (χ4v) is 2.87. The summed E-state index contributed by atoms with van der Waals surface area (Å²) in [7, 11) is 2.11. The number of hydrogen-bond donors (Lipinski definition) is 3. The van der Waals surface area contributed by atoms with E-state index in [1.165, 1.54) is 0 Å². The minimum atomic E-state index is -0.103. The standard InChI is InChI=1S/C17H27N3O2/c1-20-10-7-16(8-11-20)19-17(22)18-13-15(9-12-21)14-5-3-2-4-6-14/h2-6,15-16,21H,7-13H2,1H3,(H2,18,19,22). The van der Waals surface area contributed by atoms with Gasteiger partial charge in [-0.1, -0.05) is 30.3 Å². The number of nitrogens with one attached hydrogen (secondary N) is 2. The summed E-state index contributed by atoms with van der Waals surface area (Å²) in [6.45, 7) is 2.73. The highest BCUT2D eigenvalue weighted by Crippen LogP contribution is 2.18. The van der Waals surface area contributed by atoms with Gasteiger partial charge in [0.2, 0.25) is 0 Å².